The van der Waals surface area contributed by atoms with E-state index in [4.69, 9.17) is 0 Å². The normalized spacial score (nSPS) is 9.31. The van der Waals surface area contributed by atoms with Crippen LogP contribution in [0.2, 0.25) is 0 Å². The molecule has 68 valence electrons. The molecule has 0 fully saturated rings. The monoisotopic (exact) mass is 182 g/mol. The van der Waals surface area contributed by atoms with Gasteiger partial charge in [-0.05, 0) is 24.3 Å². The molecule has 0 bridgehead atoms. The summed E-state index contributed by atoms with van der Waals surface area (Å²) >= 11 is 0. The zero-order valence-electron chi connectivity index (χ0n) is 6.58. The molecule has 0 saturated heterocycles. The van der Waals surface area contributed by atoms with Gasteiger partial charge in [0, 0.05) is 5.69 Å². The first-order valence-electron chi connectivity index (χ1n) is 3.46. The van der Waals surface area contributed by atoms with Gasteiger partial charge in [0.1, 0.15) is 5.82 Å². The fourth-order valence-corrected chi connectivity index (χ4v) is 0.726. The van der Waals surface area contributed by atoms with Crippen molar-refractivity contribution in [3.8, 4) is 0 Å². The lowest BCUT2D eigenvalue weighted by Crippen LogP contribution is -2.29. The van der Waals surface area contributed by atoms with Crippen molar-refractivity contribution >= 4 is 17.5 Å². The Labute approximate surface area is 73.5 Å². The summed E-state index contributed by atoms with van der Waals surface area (Å²) in [5.74, 6) is -2.42. The van der Waals surface area contributed by atoms with E-state index in [1.165, 1.54) is 12.1 Å². The molecule has 0 aromatic heterocycles. The van der Waals surface area contributed by atoms with Gasteiger partial charge < -0.3 is 11.1 Å². The molecule has 0 spiro atoms. The van der Waals surface area contributed by atoms with E-state index in [0.717, 1.165) is 12.1 Å². The number of hydrogen-bond acceptors (Lipinski definition) is 2. The van der Waals surface area contributed by atoms with Crippen molar-refractivity contribution in [1.29, 1.82) is 0 Å². The molecule has 0 aliphatic carbocycles. The third-order valence-electron chi connectivity index (χ3n) is 1.33. The van der Waals surface area contributed by atoms with Crippen LogP contribution in [0.1, 0.15) is 0 Å². The number of nitrogens with one attached hydrogen (secondary N) is 1. The molecular formula is C8H7FN2O2. The average Bonchev–Trinajstić information content (AvgIpc) is 2.08. The molecule has 3 N–H and O–H groups in total. The summed E-state index contributed by atoms with van der Waals surface area (Å²) in [6.45, 7) is 0. The Bertz CT molecular complexity index is 335. The first-order valence-corrected chi connectivity index (χ1v) is 3.46. The summed E-state index contributed by atoms with van der Waals surface area (Å²) in [7, 11) is 0. The van der Waals surface area contributed by atoms with E-state index in [1.54, 1.807) is 0 Å². The molecule has 1 rings (SSSR count). The Morgan fingerprint density at radius 1 is 1.23 bits per heavy atom. The molecule has 1 aromatic carbocycles. The van der Waals surface area contributed by atoms with Gasteiger partial charge in [-0.15, -0.1) is 0 Å². The highest BCUT2D eigenvalue weighted by molar-refractivity contribution is 6.39. The molecule has 0 unspecified atom stereocenters. The smallest absolute Gasteiger partial charge is 0.313 e. The van der Waals surface area contributed by atoms with E-state index < -0.39 is 17.6 Å². The molecule has 1 aromatic rings. The fraction of sp³-hybridized carbons (Fsp3) is 0. The molecular weight excluding hydrogens is 175 g/mol. The topological polar surface area (TPSA) is 72.2 Å². The summed E-state index contributed by atoms with van der Waals surface area (Å²) < 4.78 is 12.4. The SMILES string of the molecule is NC(=O)C(=O)Nc1ccc(F)cc1. The van der Waals surface area contributed by atoms with Crippen molar-refractivity contribution in [2.24, 2.45) is 5.73 Å². The number of primary amides is 1. The van der Waals surface area contributed by atoms with Crippen molar-refractivity contribution in [2.45, 2.75) is 0 Å². The van der Waals surface area contributed by atoms with Crippen LogP contribution < -0.4 is 11.1 Å². The molecule has 13 heavy (non-hydrogen) atoms. The summed E-state index contributed by atoms with van der Waals surface area (Å²) in [5.41, 5.74) is 5.01. The van der Waals surface area contributed by atoms with Crippen molar-refractivity contribution < 1.29 is 14.0 Å². The molecule has 2 amide bonds. The Balaban J connectivity index is 2.70. The van der Waals surface area contributed by atoms with Crippen LogP contribution in [0.4, 0.5) is 10.1 Å². The second-order valence-electron chi connectivity index (χ2n) is 2.33. The molecule has 5 heteroatoms. The van der Waals surface area contributed by atoms with Gasteiger partial charge in [-0.25, -0.2) is 4.39 Å². The van der Waals surface area contributed by atoms with Crippen molar-refractivity contribution in [3.05, 3.63) is 30.1 Å². The van der Waals surface area contributed by atoms with Gasteiger partial charge in [-0.3, -0.25) is 9.59 Å². The number of amides is 2. The molecule has 0 radical (unpaired) electrons. The largest absolute Gasteiger partial charge is 0.361 e. The third-order valence-corrected chi connectivity index (χ3v) is 1.33. The van der Waals surface area contributed by atoms with Crippen LogP contribution in [0.3, 0.4) is 0 Å². The summed E-state index contributed by atoms with van der Waals surface area (Å²) in [6.07, 6.45) is 0. The first-order chi connectivity index (χ1) is 6.09. The Morgan fingerprint density at radius 2 is 1.77 bits per heavy atom. The van der Waals surface area contributed by atoms with Gasteiger partial charge in [0.15, 0.2) is 0 Å². The van der Waals surface area contributed by atoms with E-state index in [9.17, 15) is 14.0 Å². The number of rotatable bonds is 1. The predicted molar refractivity (Wildman–Crippen MR) is 44.2 cm³/mol. The second-order valence-corrected chi connectivity index (χ2v) is 2.33. The maximum Gasteiger partial charge on any atom is 0.313 e. The molecule has 0 saturated carbocycles. The van der Waals surface area contributed by atoms with Crippen LogP contribution in [0.15, 0.2) is 24.3 Å². The number of nitrogens with two attached hydrogens (primary N) is 1. The highest BCUT2D eigenvalue weighted by Crippen LogP contribution is 2.07. The lowest BCUT2D eigenvalue weighted by atomic mass is 10.3. The fourth-order valence-electron chi connectivity index (χ4n) is 0.726. The second kappa shape index (κ2) is 3.66. The first kappa shape index (κ1) is 9.18. The Morgan fingerprint density at radius 3 is 2.23 bits per heavy atom. The van der Waals surface area contributed by atoms with Gasteiger partial charge in [0.25, 0.3) is 0 Å². The molecule has 0 heterocycles. The molecule has 0 aliphatic heterocycles. The number of hydrogen-bond donors (Lipinski definition) is 2. The Kier molecular flexibility index (Phi) is 2.59. The number of benzene rings is 1. The maximum atomic E-state index is 12.4. The minimum absolute atomic E-state index is 0.324. The number of carbonyl (C=O) groups excluding carboxylic acids is 2. The quantitative estimate of drug-likeness (QED) is 0.611. The molecule has 0 atom stereocenters. The zero-order chi connectivity index (χ0) is 9.84. The number of carbonyl (C=O) groups is 2. The molecule has 4 nitrogen and oxygen atoms in total. The molecule has 0 aliphatic rings. The number of anilines is 1. The van der Waals surface area contributed by atoms with E-state index >= 15 is 0 Å². The minimum atomic E-state index is -1.08. The van der Waals surface area contributed by atoms with E-state index in [-0.39, 0.29) is 0 Å². The minimum Gasteiger partial charge on any atom is -0.361 e. The van der Waals surface area contributed by atoms with E-state index in [0.29, 0.717) is 5.69 Å². The van der Waals surface area contributed by atoms with Crippen LogP contribution in [-0.4, -0.2) is 11.8 Å². The van der Waals surface area contributed by atoms with Crippen molar-refractivity contribution in [3.63, 3.8) is 0 Å². The van der Waals surface area contributed by atoms with Gasteiger partial charge in [-0.1, -0.05) is 0 Å². The van der Waals surface area contributed by atoms with Crippen LogP contribution in [0.25, 0.3) is 0 Å². The lowest BCUT2D eigenvalue weighted by Gasteiger charge is -2.00. The highest BCUT2D eigenvalue weighted by Gasteiger charge is 2.07. The summed E-state index contributed by atoms with van der Waals surface area (Å²) in [6, 6.07) is 4.99. The number of halogens is 1. The van der Waals surface area contributed by atoms with E-state index in [2.05, 4.69) is 11.1 Å². The van der Waals surface area contributed by atoms with Gasteiger partial charge in [0.2, 0.25) is 0 Å². The van der Waals surface area contributed by atoms with Crippen molar-refractivity contribution in [1.82, 2.24) is 0 Å². The highest BCUT2D eigenvalue weighted by atomic mass is 19.1. The summed E-state index contributed by atoms with van der Waals surface area (Å²) in [4.78, 5) is 21.0. The lowest BCUT2D eigenvalue weighted by molar-refractivity contribution is -0.134. The van der Waals surface area contributed by atoms with E-state index in [1.807, 2.05) is 0 Å². The zero-order valence-corrected chi connectivity index (χ0v) is 6.58. The van der Waals surface area contributed by atoms with Crippen LogP contribution >= 0.6 is 0 Å². The van der Waals surface area contributed by atoms with Gasteiger partial charge in [0.05, 0.1) is 0 Å². The van der Waals surface area contributed by atoms with Crippen molar-refractivity contribution in [2.75, 3.05) is 5.32 Å². The van der Waals surface area contributed by atoms with Crippen LogP contribution in [0, 0.1) is 5.82 Å². The van der Waals surface area contributed by atoms with Crippen LogP contribution in [0.5, 0.6) is 0 Å². The van der Waals surface area contributed by atoms with Gasteiger partial charge in [-0.2, -0.15) is 0 Å². The van der Waals surface area contributed by atoms with Gasteiger partial charge >= 0.3 is 11.8 Å². The Hall–Kier alpha value is -1.91. The average molecular weight is 182 g/mol. The predicted octanol–water partition coefficient (Wildman–Crippen LogP) is 0.249. The summed E-state index contributed by atoms with van der Waals surface area (Å²) in [5, 5.41) is 2.19. The standard InChI is InChI=1S/C8H7FN2O2/c9-5-1-3-6(4-2-5)11-8(13)7(10)12/h1-4H,(H2,10,12)(H,11,13). The third kappa shape index (κ3) is 2.55. The maximum absolute atomic E-state index is 12.4. The van der Waals surface area contributed by atoms with Crippen LogP contribution in [-0.2, 0) is 9.59 Å².